The Morgan fingerprint density at radius 3 is 2.68 bits per heavy atom. The number of fused-ring (bicyclic) bond motifs is 1. The van der Waals surface area contributed by atoms with Crippen molar-refractivity contribution in [3.05, 3.63) is 53.4 Å². The molecule has 2 aliphatic heterocycles. The van der Waals surface area contributed by atoms with Crippen LogP contribution in [-0.4, -0.2) is 12.2 Å². The summed E-state index contributed by atoms with van der Waals surface area (Å²) < 4.78 is 0. The van der Waals surface area contributed by atoms with Gasteiger partial charge in [-0.15, -0.1) is 0 Å². The van der Waals surface area contributed by atoms with E-state index in [-0.39, 0.29) is 12.2 Å². The van der Waals surface area contributed by atoms with E-state index < -0.39 is 0 Å². The molecule has 1 unspecified atom stereocenters. The van der Waals surface area contributed by atoms with Crippen LogP contribution in [0.15, 0.2) is 47.8 Å². The molecule has 5 heteroatoms. The van der Waals surface area contributed by atoms with Gasteiger partial charge in [-0.25, -0.2) is 4.79 Å². The molecule has 2 heterocycles. The number of urea groups is 1. The maximum atomic E-state index is 12.1. The van der Waals surface area contributed by atoms with E-state index in [2.05, 4.69) is 10.6 Å². The fourth-order valence-electron chi connectivity index (χ4n) is 2.30. The number of allylic oxidation sites excluding steroid dienone is 1. The maximum absolute atomic E-state index is 12.1. The van der Waals surface area contributed by atoms with Crippen LogP contribution in [0.3, 0.4) is 0 Å². The minimum atomic E-state index is -0.134. The van der Waals surface area contributed by atoms with Crippen molar-refractivity contribution in [1.29, 1.82) is 0 Å². The number of hydrogen-bond donors (Lipinski definition) is 3. The summed E-state index contributed by atoms with van der Waals surface area (Å²) in [6, 6.07) is 7.53. The molecular weight excluding hydrogens is 240 g/mol. The van der Waals surface area contributed by atoms with Crippen LogP contribution in [0.2, 0.25) is 0 Å². The molecule has 3 rings (SSSR count). The van der Waals surface area contributed by atoms with Crippen LogP contribution in [0.1, 0.15) is 12.5 Å². The van der Waals surface area contributed by atoms with E-state index in [4.69, 9.17) is 5.73 Å². The summed E-state index contributed by atoms with van der Waals surface area (Å²) in [5, 5.41) is 6.11. The molecule has 5 nitrogen and oxygen atoms in total. The van der Waals surface area contributed by atoms with Gasteiger partial charge < -0.3 is 16.4 Å². The Kier molecular flexibility index (Phi) is 2.76. The number of amides is 2. The molecule has 0 fully saturated rings. The number of hydrogen-bond acceptors (Lipinski definition) is 3. The van der Waals surface area contributed by atoms with Crippen LogP contribution < -0.4 is 21.3 Å². The van der Waals surface area contributed by atoms with Crippen molar-refractivity contribution < 1.29 is 4.79 Å². The molecule has 2 aliphatic rings. The van der Waals surface area contributed by atoms with Crippen molar-refractivity contribution in [2.45, 2.75) is 19.6 Å². The average Bonchev–Trinajstić information content (AvgIpc) is 2.77. The minimum absolute atomic E-state index is 0.105. The fourth-order valence-corrected chi connectivity index (χ4v) is 2.30. The SMILES string of the molecule is CC1=CC2=CN(c3ccc(CN)cc3)C(=O)NC2N1. The molecule has 0 aromatic heterocycles. The summed E-state index contributed by atoms with van der Waals surface area (Å²) in [6.45, 7) is 2.48. The predicted molar refractivity (Wildman–Crippen MR) is 74.1 cm³/mol. The zero-order valence-electron chi connectivity index (χ0n) is 10.7. The van der Waals surface area contributed by atoms with Gasteiger partial charge in [-0.3, -0.25) is 4.90 Å². The van der Waals surface area contributed by atoms with E-state index in [1.165, 1.54) is 0 Å². The van der Waals surface area contributed by atoms with Crippen molar-refractivity contribution in [3.8, 4) is 0 Å². The van der Waals surface area contributed by atoms with Crippen molar-refractivity contribution in [3.63, 3.8) is 0 Å². The summed E-state index contributed by atoms with van der Waals surface area (Å²) in [6.07, 6.45) is 3.79. The largest absolute Gasteiger partial charge is 0.365 e. The second-order valence-corrected chi connectivity index (χ2v) is 4.72. The highest BCUT2D eigenvalue weighted by atomic mass is 16.2. The van der Waals surface area contributed by atoms with Crippen LogP contribution in [0.5, 0.6) is 0 Å². The van der Waals surface area contributed by atoms with Gasteiger partial charge in [0.25, 0.3) is 0 Å². The highest BCUT2D eigenvalue weighted by molar-refractivity contribution is 5.96. The third kappa shape index (κ3) is 2.08. The van der Waals surface area contributed by atoms with Gasteiger partial charge in [0.1, 0.15) is 6.17 Å². The monoisotopic (exact) mass is 256 g/mol. The lowest BCUT2D eigenvalue weighted by atomic mass is 10.1. The molecule has 98 valence electrons. The molecule has 19 heavy (non-hydrogen) atoms. The van der Waals surface area contributed by atoms with Gasteiger partial charge in [0.15, 0.2) is 0 Å². The van der Waals surface area contributed by atoms with Crippen molar-refractivity contribution >= 4 is 11.7 Å². The lowest BCUT2D eigenvalue weighted by molar-refractivity contribution is 0.244. The van der Waals surface area contributed by atoms with E-state index in [1.54, 1.807) is 4.90 Å². The molecule has 0 saturated heterocycles. The van der Waals surface area contributed by atoms with Crippen molar-refractivity contribution in [2.24, 2.45) is 5.73 Å². The van der Waals surface area contributed by atoms with Crippen LogP contribution in [0.25, 0.3) is 0 Å². The maximum Gasteiger partial charge on any atom is 0.327 e. The number of anilines is 1. The zero-order chi connectivity index (χ0) is 13.4. The van der Waals surface area contributed by atoms with Gasteiger partial charge in [0, 0.05) is 24.0 Å². The smallest absolute Gasteiger partial charge is 0.327 e. The third-order valence-electron chi connectivity index (χ3n) is 3.30. The molecule has 0 aliphatic carbocycles. The molecule has 0 spiro atoms. The molecule has 1 atom stereocenters. The Labute approximate surface area is 111 Å². The summed E-state index contributed by atoms with van der Waals surface area (Å²) >= 11 is 0. The Bertz CT molecular complexity index is 574. The normalized spacial score (nSPS) is 21.3. The van der Waals surface area contributed by atoms with E-state index in [0.29, 0.717) is 6.54 Å². The van der Waals surface area contributed by atoms with Gasteiger partial charge in [-0.2, -0.15) is 0 Å². The Morgan fingerprint density at radius 2 is 2.00 bits per heavy atom. The molecule has 2 amide bonds. The minimum Gasteiger partial charge on any atom is -0.365 e. The third-order valence-corrected chi connectivity index (χ3v) is 3.30. The molecule has 0 bridgehead atoms. The highest BCUT2D eigenvalue weighted by Crippen LogP contribution is 2.24. The second kappa shape index (κ2) is 4.44. The molecule has 0 radical (unpaired) electrons. The van der Waals surface area contributed by atoms with Gasteiger partial charge in [0.2, 0.25) is 0 Å². The Hall–Kier alpha value is -2.27. The standard InChI is InChI=1S/C14H16N4O/c1-9-6-11-8-18(14(19)17-13(11)16-9)12-4-2-10(7-15)3-5-12/h2-6,8,13,16H,7,15H2,1H3,(H,17,19). The highest BCUT2D eigenvalue weighted by Gasteiger charge is 2.29. The molecule has 1 aromatic carbocycles. The van der Waals surface area contributed by atoms with E-state index in [9.17, 15) is 4.79 Å². The summed E-state index contributed by atoms with van der Waals surface area (Å²) in [5.74, 6) is 0. The first-order chi connectivity index (χ1) is 9.17. The van der Waals surface area contributed by atoms with Crippen LogP contribution in [-0.2, 0) is 6.54 Å². The molecule has 1 aromatic rings. The van der Waals surface area contributed by atoms with Gasteiger partial charge >= 0.3 is 6.03 Å². The van der Waals surface area contributed by atoms with Crippen molar-refractivity contribution in [2.75, 3.05) is 4.90 Å². The lowest BCUT2D eigenvalue weighted by Crippen LogP contribution is -2.51. The van der Waals surface area contributed by atoms with Gasteiger partial charge in [0.05, 0.1) is 5.69 Å². The predicted octanol–water partition coefficient (Wildman–Crippen LogP) is 1.39. The summed E-state index contributed by atoms with van der Waals surface area (Å²) in [5.41, 5.74) is 9.56. The lowest BCUT2D eigenvalue weighted by Gasteiger charge is -2.29. The van der Waals surface area contributed by atoms with Crippen molar-refractivity contribution in [1.82, 2.24) is 10.6 Å². The first-order valence-corrected chi connectivity index (χ1v) is 6.22. The van der Waals surface area contributed by atoms with Crippen LogP contribution in [0.4, 0.5) is 10.5 Å². The van der Waals surface area contributed by atoms with E-state index in [0.717, 1.165) is 22.5 Å². The van der Waals surface area contributed by atoms with Crippen LogP contribution in [0, 0.1) is 0 Å². The Balaban J connectivity index is 1.92. The van der Waals surface area contributed by atoms with Crippen LogP contribution >= 0.6 is 0 Å². The summed E-state index contributed by atoms with van der Waals surface area (Å²) in [7, 11) is 0. The fraction of sp³-hybridized carbons (Fsp3) is 0.214. The first-order valence-electron chi connectivity index (χ1n) is 6.22. The number of carbonyl (C=O) groups is 1. The first kappa shape index (κ1) is 11.8. The number of nitrogens with two attached hydrogens (primary N) is 1. The van der Waals surface area contributed by atoms with Gasteiger partial charge in [-0.05, 0) is 30.7 Å². The summed E-state index contributed by atoms with van der Waals surface area (Å²) in [4.78, 5) is 13.7. The van der Waals surface area contributed by atoms with Gasteiger partial charge in [-0.1, -0.05) is 12.1 Å². The zero-order valence-corrected chi connectivity index (χ0v) is 10.7. The molecular formula is C14H16N4O. The number of nitrogens with zero attached hydrogens (tertiary/aromatic N) is 1. The number of nitrogens with one attached hydrogen (secondary N) is 2. The number of carbonyl (C=O) groups excluding carboxylic acids is 1. The molecule has 0 saturated carbocycles. The number of rotatable bonds is 2. The average molecular weight is 256 g/mol. The number of benzene rings is 1. The molecule has 4 N–H and O–H groups in total. The van der Waals surface area contributed by atoms with E-state index in [1.807, 2.05) is 43.5 Å². The topological polar surface area (TPSA) is 70.4 Å². The Morgan fingerprint density at radius 1 is 1.26 bits per heavy atom. The second-order valence-electron chi connectivity index (χ2n) is 4.72. The quantitative estimate of drug-likeness (QED) is 0.749. The van der Waals surface area contributed by atoms with E-state index >= 15 is 0 Å².